The van der Waals surface area contributed by atoms with Gasteiger partial charge in [-0.1, -0.05) is 23.2 Å². The van der Waals surface area contributed by atoms with Gasteiger partial charge in [0.05, 0.1) is 14.5 Å². The molecule has 0 spiro atoms. The Balaban J connectivity index is 2.38. The van der Waals surface area contributed by atoms with E-state index in [1.165, 1.54) is 18.2 Å². The third kappa shape index (κ3) is 3.20. The Hall–Kier alpha value is -1.37. The van der Waals surface area contributed by atoms with Crippen LogP contribution in [0.4, 0.5) is 4.39 Å². The molecule has 4 nitrogen and oxygen atoms in total. The Kier molecular flexibility index (Phi) is 4.47. The van der Waals surface area contributed by atoms with Crippen LogP contribution in [0.3, 0.4) is 0 Å². The normalized spacial score (nSPS) is 10.4. The van der Waals surface area contributed by atoms with E-state index in [0.29, 0.717) is 4.47 Å². The molecule has 0 aliphatic rings. The lowest BCUT2D eigenvalue weighted by Crippen LogP contribution is -2.02. The van der Waals surface area contributed by atoms with Gasteiger partial charge in [0.15, 0.2) is 5.69 Å². The monoisotopic (exact) mass is 379 g/mol. The van der Waals surface area contributed by atoms with Crippen LogP contribution in [0.15, 0.2) is 28.7 Å². The summed E-state index contributed by atoms with van der Waals surface area (Å²) in [5.41, 5.74) is -0.352. The van der Waals surface area contributed by atoms with Crippen molar-refractivity contribution in [3.05, 3.63) is 50.3 Å². The third-order valence-electron chi connectivity index (χ3n) is 2.21. The summed E-state index contributed by atoms with van der Waals surface area (Å²) in [6, 6.07) is 5.07. The molecule has 0 atom stereocenters. The molecule has 0 amide bonds. The van der Waals surface area contributed by atoms with Crippen molar-refractivity contribution < 1.29 is 19.0 Å². The molecule has 1 heterocycles. The molecule has 1 N–H and O–H groups in total. The zero-order valence-electron chi connectivity index (χ0n) is 9.53. The first-order valence-corrected chi connectivity index (χ1v) is 6.65. The number of aromatic nitrogens is 1. The number of halogens is 4. The van der Waals surface area contributed by atoms with Gasteiger partial charge in [-0.3, -0.25) is 0 Å². The van der Waals surface area contributed by atoms with Crippen molar-refractivity contribution in [2.45, 2.75) is 0 Å². The van der Waals surface area contributed by atoms with Crippen LogP contribution in [-0.4, -0.2) is 16.1 Å². The quantitative estimate of drug-likeness (QED) is 0.778. The first-order valence-electron chi connectivity index (χ1n) is 5.10. The van der Waals surface area contributed by atoms with Crippen molar-refractivity contribution in [2.24, 2.45) is 0 Å². The Bertz CT molecular complexity index is 697. The molecular formula is C12H5BrCl2FNO3. The van der Waals surface area contributed by atoms with E-state index in [9.17, 15) is 9.18 Å². The average molecular weight is 381 g/mol. The van der Waals surface area contributed by atoms with E-state index >= 15 is 0 Å². The first kappa shape index (κ1) is 15.0. The van der Waals surface area contributed by atoms with Crippen molar-refractivity contribution in [3.63, 3.8) is 0 Å². The van der Waals surface area contributed by atoms with E-state index in [4.69, 9.17) is 33.0 Å². The predicted molar refractivity (Wildman–Crippen MR) is 75.4 cm³/mol. The van der Waals surface area contributed by atoms with Crippen molar-refractivity contribution in [3.8, 4) is 11.6 Å². The van der Waals surface area contributed by atoms with E-state index in [2.05, 4.69) is 20.9 Å². The number of carboxylic acids is 1. The second kappa shape index (κ2) is 5.95. The van der Waals surface area contributed by atoms with E-state index in [1.807, 2.05) is 0 Å². The average Bonchev–Trinajstić information content (AvgIpc) is 2.37. The lowest BCUT2D eigenvalue weighted by atomic mass is 10.3. The van der Waals surface area contributed by atoms with Gasteiger partial charge in [0.1, 0.15) is 11.6 Å². The maximum Gasteiger partial charge on any atom is 0.356 e. The second-order valence-electron chi connectivity index (χ2n) is 3.58. The fraction of sp³-hybridized carbons (Fsp3) is 0. The van der Waals surface area contributed by atoms with Crippen LogP contribution < -0.4 is 4.74 Å². The molecule has 1 aromatic carbocycles. The van der Waals surface area contributed by atoms with Gasteiger partial charge in [0, 0.05) is 12.1 Å². The minimum Gasteiger partial charge on any atom is -0.476 e. The molecular weight excluding hydrogens is 376 g/mol. The van der Waals surface area contributed by atoms with Gasteiger partial charge in [-0.2, -0.15) is 0 Å². The van der Waals surface area contributed by atoms with Crippen LogP contribution in [0.2, 0.25) is 10.0 Å². The van der Waals surface area contributed by atoms with Crippen molar-refractivity contribution >= 4 is 45.1 Å². The first-order chi connectivity index (χ1) is 9.38. The number of nitrogens with zero attached hydrogens (tertiary/aromatic N) is 1. The number of benzene rings is 1. The van der Waals surface area contributed by atoms with Gasteiger partial charge in [-0.25, -0.2) is 14.2 Å². The van der Waals surface area contributed by atoms with Crippen LogP contribution in [-0.2, 0) is 0 Å². The Morgan fingerprint density at radius 3 is 2.65 bits per heavy atom. The van der Waals surface area contributed by atoms with Crippen LogP contribution in [0.5, 0.6) is 11.6 Å². The van der Waals surface area contributed by atoms with Crippen molar-refractivity contribution in [1.82, 2.24) is 4.98 Å². The molecule has 20 heavy (non-hydrogen) atoms. The topological polar surface area (TPSA) is 59.4 Å². The van der Waals surface area contributed by atoms with Crippen LogP contribution in [0, 0.1) is 5.82 Å². The van der Waals surface area contributed by atoms with Gasteiger partial charge in [0.25, 0.3) is 0 Å². The van der Waals surface area contributed by atoms with Gasteiger partial charge < -0.3 is 9.84 Å². The maximum absolute atomic E-state index is 13.4. The minimum atomic E-state index is -1.29. The minimum absolute atomic E-state index is 0.0220. The second-order valence-corrected chi connectivity index (χ2v) is 5.25. The number of rotatable bonds is 3. The predicted octanol–water partition coefficient (Wildman–Crippen LogP) is 4.78. The molecule has 0 saturated carbocycles. The number of hydrogen-bond donors (Lipinski definition) is 1. The standard InChI is InChI=1S/C12H5BrCl2FNO3/c13-5-3-7(15)8(16)4-9(5)20-10-2-1-6(14)11(17-10)12(18)19/h1-4H,(H,18,19). The molecule has 0 bridgehead atoms. The van der Waals surface area contributed by atoms with E-state index < -0.39 is 11.8 Å². The van der Waals surface area contributed by atoms with Crippen molar-refractivity contribution in [1.29, 1.82) is 0 Å². The number of pyridine rings is 1. The third-order valence-corrected chi connectivity index (χ3v) is 3.43. The van der Waals surface area contributed by atoms with Crippen LogP contribution >= 0.6 is 39.1 Å². The summed E-state index contributed by atoms with van der Waals surface area (Å²) >= 11 is 14.4. The summed E-state index contributed by atoms with van der Waals surface area (Å²) in [7, 11) is 0. The molecule has 104 valence electrons. The van der Waals surface area contributed by atoms with Crippen LogP contribution in [0.1, 0.15) is 10.5 Å². The van der Waals surface area contributed by atoms with Crippen molar-refractivity contribution in [2.75, 3.05) is 0 Å². The summed E-state index contributed by atoms with van der Waals surface area (Å²) in [6.07, 6.45) is 0. The highest BCUT2D eigenvalue weighted by Crippen LogP contribution is 2.33. The molecule has 8 heteroatoms. The molecule has 0 saturated heterocycles. The lowest BCUT2D eigenvalue weighted by Gasteiger charge is -2.08. The summed E-state index contributed by atoms with van der Waals surface area (Å²) < 4.78 is 19.1. The molecule has 0 aliphatic heterocycles. The van der Waals surface area contributed by atoms with E-state index in [1.54, 1.807) is 0 Å². The van der Waals surface area contributed by atoms with Crippen LogP contribution in [0.25, 0.3) is 0 Å². The highest BCUT2D eigenvalue weighted by Gasteiger charge is 2.14. The number of carboxylic acid groups (broad SMARTS) is 1. The molecule has 0 aliphatic carbocycles. The van der Waals surface area contributed by atoms with Gasteiger partial charge in [-0.15, -0.1) is 0 Å². The molecule has 0 radical (unpaired) electrons. The summed E-state index contributed by atoms with van der Waals surface area (Å²) in [6.45, 7) is 0. The smallest absolute Gasteiger partial charge is 0.356 e. The zero-order chi connectivity index (χ0) is 14.9. The largest absolute Gasteiger partial charge is 0.476 e. The fourth-order valence-electron chi connectivity index (χ4n) is 1.33. The van der Waals surface area contributed by atoms with Gasteiger partial charge >= 0.3 is 5.97 Å². The molecule has 1 aromatic heterocycles. The fourth-order valence-corrected chi connectivity index (χ4v) is 2.23. The Morgan fingerprint density at radius 1 is 1.30 bits per heavy atom. The number of ether oxygens (including phenoxy) is 1. The lowest BCUT2D eigenvalue weighted by molar-refractivity contribution is 0.0690. The number of hydrogen-bond acceptors (Lipinski definition) is 3. The van der Waals surface area contributed by atoms with Gasteiger partial charge in [0.2, 0.25) is 5.88 Å². The molecule has 0 unspecified atom stereocenters. The Labute approximate surface area is 131 Å². The molecule has 0 fully saturated rings. The van der Waals surface area contributed by atoms with E-state index in [0.717, 1.165) is 6.07 Å². The summed E-state index contributed by atoms with van der Waals surface area (Å²) in [4.78, 5) is 14.6. The SMILES string of the molecule is O=C(O)c1nc(Oc2cc(F)c(Cl)cc2Br)ccc1Cl. The number of carbonyl (C=O) groups is 1. The zero-order valence-corrected chi connectivity index (χ0v) is 12.6. The summed E-state index contributed by atoms with van der Waals surface area (Å²) in [5.74, 6) is -1.88. The van der Waals surface area contributed by atoms with Gasteiger partial charge in [-0.05, 0) is 28.1 Å². The summed E-state index contributed by atoms with van der Waals surface area (Å²) in [5, 5.41) is 8.81. The Morgan fingerprint density at radius 2 is 2.00 bits per heavy atom. The van der Waals surface area contributed by atoms with E-state index in [-0.39, 0.29) is 27.4 Å². The maximum atomic E-state index is 13.4. The number of aromatic carboxylic acids is 1. The molecule has 2 aromatic rings. The highest BCUT2D eigenvalue weighted by atomic mass is 79.9. The highest BCUT2D eigenvalue weighted by molar-refractivity contribution is 9.10. The molecule has 2 rings (SSSR count).